The van der Waals surface area contributed by atoms with Crippen molar-refractivity contribution in [2.45, 2.75) is 32.7 Å². The highest BCUT2D eigenvalue weighted by Gasteiger charge is 2.26. The molecule has 0 aliphatic carbocycles. The van der Waals surface area contributed by atoms with Gasteiger partial charge in [0.25, 0.3) is 5.91 Å². The van der Waals surface area contributed by atoms with Gasteiger partial charge in [0.15, 0.2) is 6.61 Å². The lowest BCUT2D eigenvalue weighted by atomic mass is 9.91. The minimum absolute atomic E-state index is 0. The second-order valence-corrected chi connectivity index (χ2v) is 7.05. The van der Waals surface area contributed by atoms with Crippen LogP contribution in [-0.2, 0) is 4.79 Å². The molecule has 1 aromatic carbocycles. The number of pyridine rings is 1. The van der Waals surface area contributed by atoms with Gasteiger partial charge < -0.3 is 15.8 Å². The Kier molecular flexibility index (Phi) is 10.2. The van der Waals surface area contributed by atoms with Crippen LogP contribution in [0.5, 0.6) is 5.75 Å². The van der Waals surface area contributed by atoms with Gasteiger partial charge in [0.05, 0.1) is 5.02 Å². The highest BCUT2D eigenvalue weighted by Crippen LogP contribution is 2.29. The van der Waals surface area contributed by atoms with E-state index in [0.717, 1.165) is 11.8 Å². The summed E-state index contributed by atoms with van der Waals surface area (Å²) in [5, 5.41) is 4.36. The fourth-order valence-corrected chi connectivity index (χ4v) is 3.05. The molecule has 146 valence electrons. The molecule has 0 aliphatic rings. The van der Waals surface area contributed by atoms with Gasteiger partial charge in [-0.05, 0) is 43.5 Å². The quantitative estimate of drug-likeness (QED) is 0.707. The molecule has 0 bridgehead atoms. The molecule has 0 fully saturated rings. The molecule has 5 nitrogen and oxygen atoms in total. The second kappa shape index (κ2) is 10.8. The van der Waals surface area contributed by atoms with Crippen LogP contribution >= 0.6 is 36.4 Å². The number of carbonyl (C=O) groups is 1. The minimum atomic E-state index is -0.436. The molecule has 0 saturated heterocycles. The summed E-state index contributed by atoms with van der Waals surface area (Å²) in [6.45, 7) is 6.43. The normalized spacial score (nSPS) is 12.7. The fraction of sp³-hybridized carbons (Fsp3) is 0.444. The SMILES string of the molecule is CC(C)CC(C)(CN)NC(=O)COc1ccc(Cl)c2cccnc12.Cl.Cl. The Balaban J connectivity index is 0.00000312. The van der Waals surface area contributed by atoms with Crippen molar-refractivity contribution in [2.75, 3.05) is 13.2 Å². The smallest absolute Gasteiger partial charge is 0.258 e. The van der Waals surface area contributed by atoms with Crippen molar-refractivity contribution in [3.8, 4) is 5.75 Å². The van der Waals surface area contributed by atoms with Gasteiger partial charge in [-0.3, -0.25) is 9.78 Å². The first-order valence-electron chi connectivity index (χ1n) is 8.02. The van der Waals surface area contributed by atoms with Gasteiger partial charge in [0.2, 0.25) is 0 Å². The molecule has 1 aromatic heterocycles. The highest BCUT2D eigenvalue weighted by molar-refractivity contribution is 6.35. The first kappa shape index (κ1) is 24.7. The summed E-state index contributed by atoms with van der Waals surface area (Å²) < 4.78 is 5.66. The number of amides is 1. The molecule has 1 atom stereocenters. The maximum absolute atomic E-state index is 12.2. The van der Waals surface area contributed by atoms with E-state index >= 15 is 0 Å². The Morgan fingerprint density at radius 3 is 2.65 bits per heavy atom. The summed E-state index contributed by atoms with van der Waals surface area (Å²) in [5.41, 5.74) is 6.03. The molecule has 8 heteroatoms. The van der Waals surface area contributed by atoms with Gasteiger partial charge >= 0.3 is 0 Å². The van der Waals surface area contributed by atoms with Gasteiger partial charge in [0, 0.05) is 23.7 Å². The van der Waals surface area contributed by atoms with E-state index in [2.05, 4.69) is 24.1 Å². The topological polar surface area (TPSA) is 77.2 Å². The van der Waals surface area contributed by atoms with Crippen LogP contribution in [0.25, 0.3) is 10.9 Å². The largest absolute Gasteiger partial charge is 0.481 e. The zero-order valence-corrected chi connectivity index (χ0v) is 17.5. The van der Waals surface area contributed by atoms with E-state index in [9.17, 15) is 4.79 Å². The van der Waals surface area contributed by atoms with Crippen LogP contribution in [0.1, 0.15) is 27.2 Å². The number of nitrogens with zero attached hydrogens (tertiary/aromatic N) is 1. The average molecular weight is 423 g/mol. The fourth-order valence-electron chi connectivity index (χ4n) is 2.83. The lowest BCUT2D eigenvalue weighted by Crippen LogP contribution is -2.53. The predicted octanol–water partition coefficient (Wildman–Crippen LogP) is 3.99. The van der Waals surface area contributed by atoms with Crippen LogP contribution in [0.2, 0.25) is 5.02 Å². The van der Waals surface area contributed by atoms with Crippen LogP contribution in [0.4, 0.5) is 0 Å². The number of halogens is 3. The van der Waals surface area contributed by atoms with Crippen molar-refractivity contribution in [2.24, 2.45) is 11.7 Å². The highest BCUT2D eigenvalue weighted by atomic mass is 35.5. The molecule has 1 unspecified atom stereocenters. The van der Waals surface area contributed by atoms with E-state index < -0.39 is 5.54 Å². The van der Waals surface area contributed by atoms with E-state index in [0.29, 0.717) is 28.8 Å². The number of aromatic nitrogens is 1. The standard InChI is InChI=1S/C18H24ClN3O2.2ClH/c1-12(2)9-18(3,11-20)22-16(23)10-24-15-7-6-14(19)13-5-4-8-21-17(13)15;;/h4-8,12H,9-11,20H2,1-3H3,(H,22,23);2*1H. The summed E-state index contributed by atoms with van der Waals surface area (Å²) in [7, 11) is 0. The Bertz CT molecular complexity index is 728. The Morgan fingerprint density at radius 2 is 2.04 bits per heavy atom. The molecule has 0 aliphatic heterocycles. The van der Waals surface area contributed by atoms with E-state index in [1.807, 2.05) is 19.1 Å². The molecule has 0 spiro atoms. The predicted molar refractivity (Wildman–Crippen MR) is 112 cm³/mol. The number of hydrogen-bond acceptors (Lipinski definition) is 4. The second-order valence-electron chi connectivity index (χ2n) is 6.64. The number of fused-ring (bicyclic) bond motifs is 1. The molecular formula is C18H26Cl3N3O2. The van der Waals surface area contributed by atoms with Crippen LogP contribution in [0, 0.1) is 5.92 Å². The molecule has 2 aromatic rings. The molecule has 1 heterocycles. The summed E-state index contributed by atoms with van der Waals surface area (Å²) in [6, 6.07) is 7.14. The zero-order chi connectivity index (χ0) is 17.7. The van der Waals surface area contributed by atoms with E-state index in [1.165, 1.54) is 0 Å². The van der Waals surface area contributed by atoms with Crippen molar-refractivity contribution in [1.29, 1.82) is 0 Å². The van der Waals surface area contributed by atoms with Gasteiger partial charge in [-0.2, -0.15) is 0 Å². The summed E-state index contributed by atoms with van der Waals surface area (Å²) in [5.74, 6) is 0.760. The van der Waals surface area contributed by atoms with Crippen LogP contribution in [0.3, 0.4) is 0 Å². The molecule has 0 saturated carbocycles. The molecule has 0 radical (unpaired) electrons. The van der Waals surface area contributed by atoms with E-state index in [1.54, 1.807) is 18.3 Å². The Hall–Kier alpha value is -1.27. The maximum Gasteiger partial charge on any atom is 0.258 e. The summed E-state index contributed by atoms with van der Waals surface area (Å²) in [4.78, 5) is 16.5. The van der Waals surface area contributed by atoms with Gasteiger partial charge in [0.1, 0.15) is 11.3 Å². The van der Waals surface area contributed by atoms with Gasteiger partial charge in [-0.1, -0.05) is 25.4 Å². The first-order valence-corrected chi connectivity index (χ1v) is 8.39. The summed E-state index contributed by atoms with van der Waals surface area (Å²) in [6.07, 6.45) is 2.47. The number of carbonyl (C=O) groups excluding carboxylic acids is 1. The molecule has 3 N–H and O–H groups in total. The number of benzene rings is 1. The third kappa shape index (κ3) is 6.47. The summed E-state index contributed by atoms with van der Waals surface area (Å²) >= 11 is 6.16. The minimum Gasteiger partial charge on any atom is -0.481 e. The van der Waals surface area contributed by atoms with Crippen molar-refractivity contribution in [3.05, 3.63) is 35.5 Å². The number of hydrogen-bond donors (Lipinski definition) is 2. The van der Waals surface area contributed by atoms with Crippen molar-refractivity contribution < 1.29 is 9.53 Å². The third-order valence-corrected chi connectivity index (χ3v) is 4.12. The Morgan fingerprint density at radius 1 is 1.35 bits per heavy atom. The molecule has 1 amide bonds. The van der Waals surface area contributed by atoms with Crippen molar-refractivity contribution in [3.63, 3.8) is 0 Å². The number of nitrogens with one attached hydrogen (secondary N) is 1. The first-order chi connectivity index (χ1) is 11.3. The van der Waals surface area contributed by atoms with E-state index in [-0.39, 0.29) is 37.3 Å². The maximum atomic E-state index is 12.2. The molecular weight excluding hydrogens is 397 g/mol. The number of rotatable bonds is 7. The van der Waals surface area contributed by atoms with Gasteiger partial charge in [-0.25, -0.2) is 0 Å². The average Bonchev–Trinajstić information content (AvgIpc) is 2.53. The Labute approximate surface area is 171 Å². The lowest BCUT2D eigenvalue weighted by molar-refractivity contribution is -0.124. The number of ether oxygens (including phenoxy) is 1. The monoisotopic (exact) mass is 421 g/mol. The van der Waals surface area contributed by atoms with Gasteiger partial charge in [-0.15, -0.1) is 24.8 Å². The van der Waals surface area contributed by atoms with Crippen molar-refractivity contribution >= 4 is 53.2 Å². The van der Waals surface area contributed by atoms with E-state index in [4.69, 9.17) is 22.1 Å². The molecule has 2 rings (SSSR count). The van der Waals surface area contributed by atoms with Crippen LogP contribution in [-0.4, -0.2) is 29.6 Å². The molecule has 26 heavy (non-hydrogen) atoms. The number of nitrogens with two attached hydrogens (primary N) is 1. The lowest BCUT2D eigenvalue weighted by Gasteiger charge is -2.31. The van der Waals surface area contributed by atoms with Crippen LogP contribution in [0.15, 0.2) is 30.5 Å². The third-order valence-electron chi connectivity index (χ3n) is 3.79. The zero-order valence-electron chi connectivity index (χ0n) is 15.1. The van der Waals surface area contributed by atoms with Crippen molar-refractivity contribution in [1.82, 2.24) is 10.3 Å². The van der Waals surface area contributed by atoms with Crippen LogP contribution < -0.4 is 15.8 Å².